The number of carbonyl (C=O) groups excluding carboxylic acids is 1. The highest BCUT2D eigenvalue weighted by Crippen LogP contribution is 2.33. The lowest BCUT2D eigenvalue weighted by atomic mass is 9.80. The fraction of sp³-hybridized carbons (Fsp3) is 0.556. The predicted molar refractivity (Wildman–Crippen MR) is 83.7 cm³/mol. The van der Waals surface area contributed by atoms with Gasteiger partial charge in [-0.25, -0.2) is 0 Å². The van der Waals surface area contributed by atoms with Crippen LogP contribution in [0, 0.1) is 23.2 Å². The zero-order valence-electron chi connectivity index (χ0n) is 13.3. The average molecular weight is 301 g/mol. The van der Waals surface area contributed by atoms with Gasteiger partial charge in [-0.15, -0.1) is 0 Å². The van der Waals surface area contributed by atoms with Crippen molar-refractivity contribution in [3.05, 3.63) is 23.8 Å². The van der Waals surface area contributed by atoms with Crippen molar-refractivity contribution in [2.75, 3.05) is 7.11 Å². The molecule has 4 heteroatoms. The first-order valence-corrected chi connectivity index (χ1v) is 7.97. The van der Waals surface area contributed by atoms with Crippen molar-refractivity contribution < 1.29 is 14.3 Å². The van der Waals surface area contributed by atoms with E-state index in [1.807, 2.05) is 6.07 Å². The van der Waals surface area contributed by atoms with Crippen molar-refractivity contribution in [2.45, 2.75) is 45.4 Å². The summed E-state index contributed by atoms with van der Waals surface area (Å²) in [7, 11) is 1.54. The van der Waals surface area contributed by atoms with E-state index < -0.39 is 0 Å². The van der Waals surface area contributed by atoms with Crippen molar-refractivity contribution >= 4 is 5.97 Å². The van der Waals surface area contributed by atoms with Crippen LogP contribution in [-0.2, 0) is 4.79 Å². The van der Waals surface area contributed by atoms with Crippen molar-refractivity contribution in [1.29, 1.82) is 5.26 Å². The highest BCUT2D eigenvalue weighted by Gasteiger charge is 2.27. The van der Waals surface area contributed by atoms with Gasteiger partial charge in [0.25, 0.3) is 0 Å². The van der Waals surface area contributed by atoms with Gasteiger partial charge in [0.2, 0.25) is 0 Å². The number of esters is 1. The molecule has 1 fully saturated rings. The zero-order valence-corrected chi connectivity index (χ0v) is 13.3. The minimum absolute atomic E-state index is 0.0400. The van der Waals surface area contributed by atoms with Gasteiger partial charge in [-0.3, -0.25) is 4.79 Å². The molecule has 0 aromatic heterocycles. The summed E-state index contributed by atoms with van der Waals surface area (Å²) in [4.78, 5) is 12.3. The molecule has 4 nitrogen and oxygen atoms in total. The standard InChI is InChI=1S/C18H23NO3/c1-3-4-13-5-7-14(8-6-13)18(20)22-17-10-9-16(21-2)11-15(17)12-19/h9-11,13-14H,3-8H2,1-2H3. The van der Waals surface area contributed by atoms with Crippen LogP contribution in [0.4, 0.5) is 0 Å². The number of carbonyl (C=O) groups is 1. The Kier molecular flexibility index (Phi) is 5.83. The first-order valence-electron chi connectivity index (χ1n) is 7.97. The second-order valence-electron chi connectivity index (χ2n) is 5.90. The van der Waals surface area contributed by atoms with E-state index in [0.717, 1.165) is 31.6 Å². The van der Waals surface area contributed by atoms with Gasteiger partial charge in [-0.2, -0.15) is 5.26 Å². The molecular weight excluding hydrogens is 278 g/mol. The summed E-state index contributed by atoms with van der Waals surface area (Å²) in [6.45, 7) is 2.20. The topological polar surface area (TPSA) is 59.3 Å². The quantitative estimate of drug-likeness (QED) is 0.607. The van der Waals surface area contributed by atoms with E-state index in [9.17, 15) is 4.79 Å². The molecular formula is C18H23NO3. The van der Waals surface area contributed by atoms with Crippen molar-refractivity contribution in [1.82, 2.24) is 0 Å². The van der Waals surface area contributed by atoms with Gasteiger partial charge in [0.15, 0.2) is 0 Å². The smallest absolute Gasteiger partial charge is 0.314 e. The van der Waals surface area contributed by atoms with Crippen LogP contribution in [0.3, 0.4) is 0 Å². The number of rotatable bonds is 5. The number of hydrogen-bond donors (Lipinski definition) is 0. The monoisotopic (exact) mass is 301 g/mol. The zero-order chi connectivity index (χ0) is 15.9. The molecule has 0 aliphatic heterocycles. The molecule has 0 spiro atoms. The number of hydrogen-bond acceptors (Lipinski definition) is 4. The summed E-state index contributed by atoms with van der Waals surface area (Å²) in [6.07, 6.45) is 6.43. The maximum atomic E-state index is 12.3. The highest BCUT2D eigenvalue weighted by molar-refractivity contribution is 5.76. The Morgan fingerprint density at radius 1 is 1.32 bits per heavy atom. The van der Waals surface area contributed by atoms with Gasteiger partial charge < -0.3 is 9.47 Å². The minimum atomic E-state index is -0.211. The van der Waals surface area contributed by atoms with Gasteiger partial charge in [0.1, 0.15) is 17.6 Å². The molecule has 1 aromatic rings. The molecule has 0 heterocycles. The fourth-order valence-corrected chi connectivity index (χ4v) is 3.10. The van der Waals surface area contributed by atoms with Crippen LogP contribution in [0.25, 0.3) is 0 Å². The first-order chi connectivity index (χ1) is 10.7. The van der Waals surface area contributed by atoms with E-state index in [1.54, 1.807) is 18.2 Å². The second-order valence-corrected chi connectivity index (χ2v) is 5.90. The Hall–Kier alpha value is -2.02. The maximum absolute atomic E-state index is 12.3. The Morgan fingerprint density at radius 3 is 2.64 bits per heavy atom. The van der Waals surface area contributed by atoms with Crippen LogP contribution in [0.1, 0.15) is 51.0 Å². The predicted octanol–water partition coefficient (Wildman–Crippen LogP) is 4.08. The van der Waals surface area contributed by atoms with Crippen molar-refractivity contribution in [3.63, 3.8) is 0 Å². The van der Waals surface area contributed by atoms with Gasteiger partial charge >= 0.3 is 5.97 Å². The number of nitrogens with zero attached hydrogens (tertiary/aromatic N) is 1. The molecule has 0 unspecified atom stereocenters. The number of methoxy groups -OCH3 is 1. The number of benzene rings is 1. The molecule has 2 rings (SSSR count). The van der Waals surface area contributed by atoms with Crippen LogP contribution in [-0.4, -0.2) is 13.1 Å². The van der Waals surface area contributed by atoms with Gasteiger partial charge in [-0.05, 0) is 43.7 Å². The first kappa shape index (κ1) is 16.4. The lowest BCUT2D eigenvalue weighted by Crippen LogP contribution is -2.25. The van der Waals surface area contributed by atoms with Crippen LogP contribution >= 0.6 is 0 Å². The summed E-state index contributed by atoms with van der Waals surface area (Å²) >= 11 is 0. The Morgan fingerprint density at radius 2 is 2.05 bits per heavy atom. The van der Waals surface area contributed by atoms with E-state index in [4.69, 9.17) is 14.7 Å². The van der Waals surface area contributed by atoms with Crippen LogP contribution in [0.2, 0.25) is 0 Å². The highest BCUT2D eigenvalue weighted by atomic mass is 16.5. The number of nitriles is 1. The summed E-state index contributed by atoms with van der Waals surface area (Å²) in [5.41, 5.74) is 0.326. The molecule has 0 bridgehead atoms. The molecule has 0 amide bonds. The third-order valence-electron chi connectivity index (χ3n) is 4.39. The minimum Gasteiger partial charge on any atom is -0.497 e. The molecule has 22 heavy (non-hydrogen) atoms. The molecule has 1 saturated carbocycles. The van der Waals surface area contributed by atoms with Gasteiger partial charge in [-0.1, -0.05) is 19.8 Å². The number of ether oxygens (including phenoxy) is 2. The lowest BCUT2D eigenvalue weighted by Gasteiger charge is -2.26. The molecule has 0 saturated heterocycles. The maximum Gasteiger partial charge on any atom is 0.314 e. The van der Waals surface area contributed by atoms with E-state index in [1.165, 1.54) is 20.0 Å². The Bertz CT molecular complexity index is 554. The van der Waals surface area contributed by atoms with Gasteiger partial charge in [0, 0.05) is 6.07 Å². The molecule has 0 radical (unpaired) electrons. The summed E-state index contributed by atoms with van der Waals surface area (Å²) in [5, 5.41) is 9.16. The summed E-state index contributed by atoms with van der Waals surface area (Å²) < 4.78 is 10.5. The van der Waals surface area contributed by atoms with E-state index >= 15 is 0 Å². The summed E-state index contributed by atoms with van der Waals surface area (Å²) in [5.74, 6) is 1.41. The molecule has 1 aliphatic rings. The second kappa shape index (κ2) is 7.84. The molecule has 0 N–H and O–H groups in total. The van der Waals surface area contributed by atoms with E-state index in [2.05, 4.69) is 6.92 Å². The lowest BCUT2D eigenvalue weighted by molar-refractivity contribution is -0.140. The van der Waals surface area contributed by atoms with E-state index in [-0.39, 0.29) is 11.9 Å². The summed E-state index contributed by atoms with van der Waals surface area (Å²) in [6, 6.07) is 6.95. The van der Waals surface area contributed by atoms with Crippen molar-refractivity contribution in [3.8, 4) is 17.6 Å². The van der Waals surface area contributed by atoms with Gasteiger partial charge in [0.05, 0.1) is 18.6 Å². The fourth-order valence-electron chi connectivity index (χ4n) is 3.10. The van der Waals surface area contributed by atoms with Crippen molar-refractivity contribution in [2.24, 2.45) is 11.8 Å². The molecule has 0 atom stereocenters. The Labute approximate surface area is 132 Å². The Balaban J connectivity index is 1.97. The largest absolute Gasteiger partial charge is 0.497 e. The van der Waals surface area contributed by atoms with E-state index in [0.29, 0.717) is 17.1 Å². The van der Waals surface area contributed by atoms with Crippen LogP contribution < -0.4 is 9.47 Å². The van der Waals surface area contributed by atoms with Crippen LogP contribution in [0.5, 0.6) is 11.5 Å². The molecule has 1 aromatic carbocycles. The average Bonchev–Trinajstić information content (AvgIpc) is 2.56. The normalized spacial score (nSPS) is 21.0. The molecule has 1 aliphatic carbocycles. The third kappa shape index (κ3) is 4.00. The molecule has 118 valence electrons. The SMILES string of the molecule is CCCC1CCC(C(=O)Oc2ccc(OC)cc2C#N)CC1. The third-order valence-corrected chi connectivity index (χ3v) is 4.39. The van der Waals surface area contributed by atoms with Crippen LogP contribution in [0.15, 0.2) is 18.2 Å².